The Morgan fingerprint density at radius 2 is 1.77 bits per heavy atom. The van der Waals surface area contributed by atoms with Crippen LogP contribution in [0.3, 0.4) is 0 Å². The highest BCUT2D eigenvalue weighted by Gasteiger charge is 2.37. The summed E-state index contributed by atoms with van der Waals surface area (Å²) in [6.45, 7) is 20.2. The van der Waals surface area contributed by atoms with Gasteiger partial charge in [0.2, 0.25) is 5.52 Å². The Labute approximate surface area is 231 Å². The molecule has 0 amide bonds. The monoisotopic (exact) mass is 532 g/mol. The first kappa shape index (κ1) is 28.5. The van der Waals surface area contributed by atoms with Gasteiger partial charge in [-0.25, -0.2) is 4.79 Å². The minimum absolute atomic E-state index is 0.147. The summed E-state index contributed by atoms with van der Waals surface area (Å²) in [4.78, 5) is 30.2. The lowest BCUT2D eigenvalue weighted by atomic mass is 9.97. The molecule has 39 heavy (non-hydrogen) atoms. The van der Waals surface area contributed by atoms with Crippen LogP contribution in [0, 0.1) is 6.57 Å². The van der Waals surface area contributed by atoms with Crippen LogP contribution in [0.4, 0.5) is 11.6 Å². The van der Waals surface area contributed by atoms with Gasteiger partial charge >= 0.3 is 5.69 Å². The van der Waals surface area contributed by atoms with E-state index in [0.29, 0.717) is 29.3 Å². The fourth-order valence-corrected chi connectivity index (χ4v) is 5.58. The zero-order valence-electron chi connectivity index (χ0n) is 24.1. The van der Waals surface area contributed by atoms with Crippen LogP contribution in [0.5, 0.6) is 5.75 Å². The predicted molar refractivity (Wildman–Crippen MR) is 155 cm³/mol. The molecule has 0 saturated carbocycles. The minimum Gasteiger partial charge on any atom is -0.485 e. The molecule has 4 rings (SSSR count). The van der Waals surface area contributed by atoms with Crippen molar-refractivity contribution in [3.05, 3.63) is 63.9 Å². The summed E-state index contributed by atoms with van der Waals surface area (Å²) in [6.07, 6.45) is 1.84. The van der Waals surface area contributed by atoms with Crippen molar-refractivity contribution in [1.82, 2.24) is 19.4 Å². The zero-order valence-corrected chi connectivity index (χ0v) is 24.1. The number of piperazine rings is 1. The Morgan fingerprint density at radius 1 is 1.08 bits per heavy atom. The molecule has 1 fully saturated rings. The number of ether oxygens (including phenoxy) is 2. The van der Waals surface area contributed by atoms with Gasteiger partial charge in [-0.05, 0) is 63.4 Å². The number of fused-ring (bicyclic) bond motifs is 1. The molecule has 9 nitrogen and oxygen atoms in total. The van der Waals surface area contributed by atoms with Crippen LogP contribution in [-0.4, -0.2) is 63.9 Å². The van der Waals surface area contributed by atoms with Gasteiger partial charge in [-0.3, -0.25) is 9.47 Å². The molecule has 208 valence electrons. The zero-order chi connectivity index (χ0) is 28.3. The maximum Gasteiger partial charge on any atom is 0.350 e. The molecule has 3 heterocycles. The molecule has 2 aromatic heterocycles. The lowest BCUT2D eigenvalue weighted by molar-refractivity contribution is 0.0180. The van der Waals surface area contributed by atoms with Crippen molar-refractivity contribution in [2.24, 2.45) is 7.05 Å². The fourth-order valence-electron chi connectivity index (χ4n) is 5.58. The van der Waals surface area contributed by atoms with E-state index in [1.54, 1.807) is 26.3 Å². The van der Waals surface area contributed by atoms with Crippen molar-refractivity contribution in [2.75, 3.05) is 31.7 Å². The molecule has 0 radical (unpaired) electrons. The summed E-state index contributed by atoms with van der Waals surface area (Å²) in [6, 6.07) is 12.4. The Hall–Kier alpha value is -3.48. The third kappa shape index (κ3) is 5.92. The summed E-state index contributed by atoms with van der Waals surface area (Å²) in [7, 11) is 3.38. The first-order valence-corrected chi connectivity index (χ1v) is 13.7. The number of rotatable bonds is 9. The van der Waals surface area contributed by atoms with E-state index in [1.807, 2.05) is 26.0 Å². The number of hydrogen-bond donors (Lipinski definition) is 0. The average molecular weight is 533 g/mol. The molecule has 0 bridgehead atoms. The second-order valence-electron chi connectivity index (χ2n) is 10.9. The van der Waals surface area contributed by atoms with E-state index in [0.717, 1.165) is 31.7 Å². The highest BCUT2D eigenvalue weighted by molar-refractivity contribution is 5.87. The van der Waals surface area contributed by atoms with E-state index in [1.165, 1.54) is 10.1 Å². The summed E-state index contributed by atoms with van der Waals surface area (Å²) >= 11 is 0. The van der Waals surface area contributed by atoms with Crippen LogP contribution >= 0.6 is 0 Å². The van der Waals surface area contributed by atoms with Crippen molar-refractivity contribution in [3.8, 4) is 5.75 Å². The quantitative estimate of drug-likeness (QED) is 0.354. The Kier molecular flexibility index (Phi) is 8.57. The van der Waals surface area contributed by atoms with E-state index in [2.05, 4.69) is 57.5 Å². The molecular formula is C30H40N6O3. The van der Waals surface area contributed by atoms with Crippen LogP contribution < -0.4 is 15.3 Å². The molecule has 3 aromatic rings. The molecule has 1 aromatic carbocycles. The van der Waals surface area contributed by atoms with E-state index in [9.17, 15) is 4.79 Å². The third-order valence-corrected chi connectivity index (χ3v) is 7.73. The largest absolute Gasteiger partial charge is 0.485 e. The second-order valence-corrected chi connectivity index (χ2v) is 10.9. The molecular weight excluding hydrogens is 492 g/mol. The van der Waals surface area contributed by atoms with E-state index in [4.69, 9.17) is 16.0 Å². The van der Waals surface area contributed by atoms with Gasteiger partial charge in [0.1, 0.15) is 11.4 Å². The second kappa shape index (κ2) is 11.7. The van der Waals surface area contributed by atoms with Crippen molar-refractivity contribution in [1.29, 1.82) is 0 Å². The summed E-state index contributed by atoms with van der Waals surface area (Å²) in [5.41, 5.74) is 1.80. The Morgan fingerprint density at radius 3 is 2.38 bits per heavy atom. The molecule has 1 aliphatic heterocycles. The first-order chi connectivity index (χ1) is 18.6. The number of methoxy groups -OCH3 is 1. The van der Waals surface area contributed by atoms with Gasteiger partial charge < -0.3 is 19.2 Å². The van der Waals surface area contributed by atoms with Crippen molar-refractivity contribution in [3.63, 3.8) is 0 Å². The van der Waals surface area contributed by atoms with Crippen LogP contribution in [0.15, 0.2) is 41.2 Å². The standard InChI is InChI=1S/C30H40N6O3/c1-9-22-18-36(28-27-25(34(7)29(37)33-28)15-16-26(31-6)32-27)23(10-2)17-35(22)20(3)21-11-13-24(14-12-21)39-30(4,5)19-38-8/h11-16,20,22-23H,9-10,17-19H2,1-5,7-8H3/t20?,22-,23+/m1/s1. The van der Waals surface area contributed by atoms with Crippen LogP contribution in [-0.2, 0) is 11.8 Å². The molecule has 0 N–H and O–H groups in total. The van der Waals surface area contributed by atoms with Gasteiger partial charge in [-0.1, -0.05) is 32.6 Å². The summed E-state index contributed by atoms with van der Waals surface area (Å²) in [5.74, 6) is 1.71. The first-order valence-electron chi connectivity index (χ1n) is 13.7. The van der Waals surface area contributed by atoms with Gasteiger partial charge in [0.15, 0.2) is 5.82 Å². The highest BCUT2D eigenvalue weighted by atomic mass is 16.5. The van der Waals surface area contributed by atoms with Gasteiger partial charge in [0.05, 0.1) is 12.1 Å². The Bertz CT molecular complexity index is 1390. The van der Waals surface area contributed by atoms with Crippen molar-refractivity contribution >= 4 is 22.7 Å². The SMILES string of the molecule is [C-]#[N+]c1ccc2c(n1)c(N1C[C@@H](CC)N(C(C)c3ccc(OC(C)(C)COC)cc3)C[C@@H]1CC)nc(=O)n2C. The van der Waals surface area contributed by atoms with Crippen LogP contribution in [0.2, 0.25) is 0 Å². The molecule has 3 atom stereocenters. The van der Waals surface area contributed by atoms with Crippen molar-refractivity contribution < 1.29 is 9.47 Å². The smallest absolute Gasteiger partial charge is 0.350 e. The van der Waals surface area contributed by atoms with Crippen LogP contribution in [0.25, 0.3) is 15.9 Å². The normalized spacial score (nSPS) is 19.2. The molecule has 1 unspecified atom stereocenters. The Balaban J connectivity index is 1.62. The maximum atomic E-state index is 12.8. The number of anilines is 1. The number of nitrogens with zero attached hydrogens (tertiary/aromatic N) is 6. The van der Waals surface area contributed by atoms with Crippen molar-refractivity contribution in [2.45, 2.75) is 71.2 Å². The number of aromatic nitrogens is 3. The minimum atomic E-state index is -0.402. The topological polar surface area (TPSA) is 77.1 Å². The van der Waals surface area contributed by atoms with Gasteiger partial charge in [-0.15, -0.1) is 4.98 Å². The maximum absolute atomic E-state index is 12.8. The number of aryl methyl sites for hydroxylation is 1. The third-order valence-electron chi connectivity index (χ3n) is 7.73. The van der Waals surface area contributed by atoms with Gasteiger partial charge in [0.25, 0.3) is 5.82 Å². The lowest BCUT2D eigenvalue weighted by Crippen LogP contribution is -2.59. The lowest BCUT2D eigenvalue weighted by Gasteiger charge is -2.49. The summed E-state index contributed by atoms with van der Waals surface area (Å²) < 4.78 is 12.9. The molecule has 9 heteroatoms. The fraction of sp³-hybridized carbons (Fsp3) is 0.533. The van der Waals surface area contributed by atoms with Gasteiger partial charge in [0, 0.05) is 45.4 Å². The van der Waals surface area contributed by atoms with E-state index < -0.39 is 5.60 Å². The predicted octanol–water partition coefficient (Wildman–Crippen LogP) is 5.12. The number of hydrogen-bond acceptors (Lipinski definition) is 7. The van der Waals surface area contributed by atoms with E-state index in [-0.39, 0.29) is 23.8 Å². The van der Waals surface area contributed by atoms with Gasteiger partial charge in [-0.2, -0.15) is 4.98 Å². The molecule has 1 saturated heterocycles. The van der Waals surface area contributed by atoms with E-state index >= 15 is 0 Å². The highest BCUT2D eigenvalue weighted by Crippen LogP contribution is 2.34. The molecule has 0 aliphatic carbocycles. The van der Waals surface area contributed by atoms with Crippen LogP contribution in [0.1, 0.15) is 59.1 Å². The summed E-state index contributed by atoms with van der Waals surface area (Å²) in [5, 5.41) is 0. The molecule has 1 aliphatic rings. The number of pyridine rings is 1. The average Bonchev–Trinajstić information content (AvgIpc) is 2.93. The molecule has 0 spiro atoms. The number of benzene rings is 1.